The highest BCUT2D eigenvalue weighted by molar-refractivity contribution is 6.12. The molecule has 4 heteroatoms. The molecule has 0 saturated heterocycles. The Balaban J connectivity index is 1.99. The van der Waals surface area contributed by atoms with Gasteiger partial charge in [0.2, 0.25) is 0 Å². The zero-order valence-corrected chi connectivity index (χ0v) is 14.3. The van der Waals surface area contributed by atoms with Crippen molar-refractivity contribution in [3.63, 3.8) is 0 Å². The van der Waals surface area contributed by atoms with Gasteiger partial charge in [-0.15, -0.1) is 0 Å². The van der Waals surface area contributed by atoms with Gasteiger partial charge >= 0.3 is 0 Å². The maximum atomic E-state index is 13.0. The van der Waals surface area contributed by atoms with Gasteiger partial charge in [-0.1, -0.05) is 72.8 Å². The maximum absolute atomic E-state index is 13.0. The van der Waals surface area contributed by atoms with E-state index >= 15 is 0 Å². The first-order valence-corrected chi connectivity index (χ1v) is 8.42. The Kier molecular flexibility index (Phi) is 4.15. The van der Waals surface area contributed by atoms with Crippen molar-refractivity contribution in [3.05, 3.63) is 112 Å². The number of benzene rings is 3. The summed E-state index contributed by atoms with van der Waals surface area (Å²) in [6, 6.07) is 27.0. The molecule has 4 nitrogen and oxygen atoms in total. The number of aryl methyl sites for hydroxylation is 1. The van der Waals surface area contributed by atoms with E-state index in [0.717, 1.165) is 16.8 Å². The Hall–Kier alpha value is -3.53. The zero-order chi connectivity index (χ0) is 17.9. The minimum Gasteiger partial charge on any atom is -0.267 e. The van der Waals surface area contributed by atoms with E-state index in [1.807, 2.05) is 78.9 Å². The highest BCUT2D eigenvalue weighted by Gasteiger charge is 2.11. The van der Waals surface area contributed by atoms with Crippen LogP contribution in [0.2, 0.25) is 0 Å². The predicted octanol–water partition coefficient (Wildman–Crippen LogP) is 4.01. The fraction of sp³-hybridized carbons (Fsp3) is 0.0455. The second-order valence-electron chi connectivity index (χ2n) is 5.97. The number of nitrogens with zero attached hydrogens (tertiary/aromatic N) is 3. The van der Waals surface area contributed by atoms with Crippen LogP contribution >= 0.6 is 0 Å². The van der Waals surface area contributed by atoms with Gasteiger partial charge in [0, 0.05) is 11.1 Å². The number of fused-ring (bicyclic) bond motifs is 1. The van der Waals surface area contributed by atoms with E-state index in [1.54, 1.807) is 13.0 Å². The van der Waals surface area contributed by atoms with E-state index in [4.69, 9.17) is 5.10 Å². The van der Waals surface area contributed by atoms with E-state index in [9.17, 15) is 4.79 Å². The van der Waals surface area contributed by atoms with Gasteiger partial charge in [0.1, 0.15) is 5.82 Å². The van der Waals surface area contributed by atoms with Crippen molar-refractivity contribution < 1.29 is 0 Å². The first-order valence-electron chi connectivity index (χ1n) is 8.42. The van der Waals surface area contributed by atoms with Gasteiger partial charge in [0.15, 0.2) is 0 Å². The van der Waals surface area contributed by atoms with Crippen LogP contribution in [-0.2, 0) is 0 Å². The lowest BCUT2D eigenvalue weighted by molar-refractivity contribution is 0.767. The van der Waals surface area contributed by atoms with Gasteiger partial charge in [0.05, 0.1) is 16.6 Å². The van der Waals surface area contributed by atoms with Crippen LogP contribution in [0, 0.1) is 6.92 Å². The molecule has 0 unspecified atom stereocenters. The summed E-state index contributed by atoms with van der Waals surface area (Å²) in [5.74, 6) is 0.554. The van der Waals surface area contributed by atoms with Gasteiger partial charge in [0.25, 0.3) is 5.56 Å². The summed E-state index contributed by atoms with van der Waals surface area (Å²) in [5, 5.41) is 5.26. The fourth-order valence-electron chi connectivity index (χ4n) is 2.93. The molecule has 0 amide bonds. The van der Waals surface area contributed by atoms with Gasteiger partial charge in [-0.3, -0.25) is 4.79 Å². The Bertz CT molecular complexity index is 1100. The molecule has 1 heterocycles. The molecular weight excluding hydrogens is 322 g/mol. The Morgan fingerprint density at radius 1 is 0.808 bits per heavy atom. The third-order valence-corrected chi connectivity index (χ3v) is 4.21. The minimum atomic E-state index is -0.169. The summed E-state index contributed by atoms with van der Waals surface area (Å²) in [6.07, 6.45) is 0. The predicted molar refractivity (Wildman–Crippen MR) is 105 cm³/mol. The second-order valence-corrected chi connectivity index (χ2v) is 5.97. The molecule has 0 N–H and O–H groups in total. The number of aromatic nitrogens is 2. The van der Waals surface area contributed by atoms with E-state index in [2.05, 4.69) is 4.98 Å². The Morgan fingerprint density at radius 3 is 1.96 bits per heavy atom. The minimum absolute atomic E-state index is 0.169. The standard InChI is InChI=1S/C22H17N3O/c1-16-23-20-15-9-8-14-19(20)22(26)25(16)24-21(17-10-4-2-5-11-17)18-12-6-3-7-13-18/h2-15H,1H3. The van der Waals surface area contributed by atoms with Crippen LogP contribution in [0.25, 0.3) is 10.9 Å². The van der Waals surface area contributed by atoms with Crippen molar-refractivity contribution in [2.45, 2.75) is 6.92 Å². The second kappa shape index (κ2) is 6.76. The van der Waals surface area contributed by atoms with Gasteiger partial charge in [-0.2, -0.15) is 9.78 Å². The summed E-state index contributed by atoms with van der Waals surface area (Å²) in [4.78, 5) is 17.5. The number of para-hydroxylation sites is 1. The summed E-state index contributed by atoms with van der Waals surface area (Å²) >= 11 is 0. The molecule has 0 saturated carbocycles. The quantitative estimate of drug-likeness (QED) is 0.530. The topological polar surface area (TPSA) is 47.2 Å². The summed E-state index contributed by atoms with van der Waals surface area (Å²) < 4.78 is 1.39. The lowest BCUT2D eigenvalue weighted by Crippen LogP contribution is -2.22. The van der Waals surface area contributed by atoms with Crippen LogP contribution in [0.1, 0.15) is 17.0 Å². The molecule has 1 aromatic heterocycles. The van der Waals surface area contributed by atoms with Crippen LogP contribution in [-0.4, -0.2) is 15.4 Å². The smallest absolute Gasteiger partial charge is 0.267 e. The molecule has 0 aliphatic carbocycles. The lowest BCUT2D eigenvalue weighted by Gasteiger charge is -2.10. The third kappa shape index (κ3) is 2.93. The molecule has 0 radical (unpaired) electrons. The number of hydrogen-bond acceptors (Lipinski definition) is 3. The molecule has 0 bridgehead atoms. The first kappa shape index (κ1) is 16.0. The molecule has 0 aliphatic rings. The van der Waals surface area contributed by atoms with Crippen LogP contribution in [0.4, 0.5) is 0 Å². The first-order chi connectivity index (χ1) is 12.7. The van der Waals surface area contributed by atoms with E-state index in [0.29, 0.717) is 16.7 Å². The number of rotatable bonds is 3. The average molecular weight is 339 g/mol. The summed E-state index contributed by atoms with van der Waals surface area (Å²) in [6.45, 7) is 1.80. The lowest BCUT2D eigenvalue weighted by atomic mass is 10.0. The van der Waals surface area contributed by atoms with Crippen LogP contribution in [0.15, 0.2) is 94.8 Å². The largest absolute Gasteiger partial charge is 0.282 e. The monoisotopic (exact) mass is 339 g/mol. The average Bonchev–Trinajstić information content (AvgIpc) is 2.69. The van der Waals surface area contributed by atoms with E-state index in [1.165, 1.54) is 4.68 Å². The van der Waals surface area contributed by atoms with Crippen molar-refractivity contribution in [2.24, 2.45) is 5.10 Å². The van der Waals surface area contributed by atoms with Gasteiger partial charge in [-0.25, -0.2) is 4.98 Å². The summed E-state index contributed by atoms with van der Waals surface area (Å²) in [7, 11) is 0. The molecule has 0 atom stereocenters. The van der Waals surface area contributed by atoms with Gasteiger partial charge in [-0.05, 0) is 19.1 Å². The molecule has 0 aliphatic heterocycles. The molecule has 126 valence electrons. The normalized spacial score (nSPS) is 10.7. The van der Waals surface area contributed by atoms with Crippen LogP contribution in [0.3, 0.4) is 0 Å². The van der Waals surface area contributed by atoms with E-state index in [-0.39, 0.29) is 5.56 Å². The molecule has 26 heavy (non-hydrogen) atoms. The van der Waals surface area contributed by atoms with Gasteiger partial charge < -0.3 is 0 Å². The van der Waals surface area contributed by atoms with Crippen molar-refractivity contribution in [3.8, 4) is 0 Å². The van der Waals surface area contributed by atoms with E-state index < -0.39 is 0 Å². The zero-order valence-electron chi connectivity index (χ0n) is 14.3. The van der Waals surface area contributed by atoms with Crippen LogP contribution < -0.4 is 5.56 Å². The van der Waals surface area contributed by atoms with Crippen LogP contribution in [0.5, 0.6) is 0 Å². The highest BCUT2D eigenvalue weighted by Crippen LogP contribution is 2.13. The Morgan fingerprint density at radius 2 is 1.35 bits per heavy atom. The van der Waals surface area contributed by atoms with Crippen molar-refractivity contribution in [2.75, 3.05) is 0 Å². The Labute approximate surface area is 151 Å². The summed E-state index contributed by atoms with van der Waals surface area (Å²) in [5.41, 5.74) is 3.13. The fourth-order valence-corrected chi connectivity index (χ4v) is 2.93. The molecule has 4 rings (SSSR count). The maximum Gasteiger partial charge on any atom is 0.282 e. The molecule has 4 aromatic rings. The highest BCUT2D eigenvalue weighted by atomic mass is 16.1. The third-order valence-electron chi connectivity index (χ3n) is 4.21. The van der Waals surface area contributed by atoms with Crippen molar-refractivity contribution >= 4 is 16.6 Å². The molecule has 0 spiro atoms. The number of hydrogen-bond donors (Lipinski definition) is 0. The molecule has 0 fully saturated rings. The SMILES string of the molecule is Cc1nc2ccccc2c(=O)n1N=C(c1ccccc1)c1ccccc1. The molecule has 3 aromatic carbocycles. The van der Waals surface area contributed by atoms with Crippen molar-refractivity contribution in [1.82, 2.24) is 9.66 Å². The van der Waals surface area contributed by atoms with Crippen molar-refractivity contribution in [1.29, 1.82) is 0 Å². The molecular formula is C22H17N3O.